The van der Waals surface area contributed by atoms with Crippen molar-refractivity contribution < 1.29 is 22.4 Å². The van der Waals surface area contributed by atoms with E-state index >= 15 is 0 Å². The second kappa shape index (κ2) is 4.26. The Morgan fingerprint density at radius 3 is 2.60 bits per heavy atom. The molecule has 0 spiro atoms. The molecule has 0 radical (unpaired) electrons. The van der Waals surface area contributed by atoms with Crippen LogP contribution >= 0.6 is 11.3 Å². The molecule has 0 aromatic carbocycles. The maximum atomic E-state index is 12.5. The fourth-order valence-corrected chi connectivity index (χ4v) is 1.63. The lowest BCUT2D eigenvalue weighted by Crippen LogP contribution is -2.37. The zero-order valence-corrected chi connectivity index (χ0v) is 8.45. The average Bonchev–Trinajstić information content (AvgIpc) is 2.50. The van der Waals surface area contributed by atoms with Gasteiger partial charge in [0, 0.05) is 11.1 Å². The summed E-state index contributed by atoms with van der Waals surface area (Å²) in [5, 5.41) is 1.68. The van der Waals surface area contributed by atoms with E-state index in [-0.39, 0.29) is 5.01 Å². The van der Waals surface area contributed by atoms with Crippen LogP contribution in [-0.2, 0) is 11.2 Å². The van der Waals surface area contributed by atoms with Gasteiger partial charge >= 0.3 is 12.3 Å². The average molecular weight is 241 g/mol. The van der Waals surface area contributed by atoms with Crippen LogP contribution in [0, 0.1) is 6.92 Å². The van der Waals surface area contributed by atoms with Crippen molar-refractivity contribution in [1.29, 1.82) is 0 Å². The number of carbonyl (C=O) groups is 1. The number of Topliss-reactive ketones (excluding diaryl/α,β-unsaturated/α-hetero) is 1. The largest absolute Gasteiger partial charge is 0.364 e. The summed E-state index contributed by atoms with van der Waals surface area (Å²) in [6.45, 7) is 1.62. The highest BCUT2D eigenvalue weighted by Gasteiger charge is 2.48. The van der Waals surface area contributed by atoms with Crippen LogP contribution in [0.5, 0.6) is 0 Å². The number of aromatic nitrogens is 1. The van der Waals surface area contributed by atoms with Gasteiger partial charge < -0.3 is 0 Å². The van der Waals surface area contributed by atoms with Crippen LogP contribution in [0.15, 0.2) is 5.38 Å². The molecular formula is C8H7F4NOS. The van der Waals surface area contributed by atoms with Gasteiger partial charge in [-0.1, -0.05) is 0 Å². The predicted molar refractivity (Wildman–Crippen MR) is 46.5 cm³/mol. The number of halogens is 4. The van der Waals surface area contributed by atoms with Gasteiger partial charge in [0.1, 0.15) is 5.01 Å². The highest BCUT2D eigenvalue weighted by atomic mass is 32.1. The van der Waals surface area contributed by atoms with E-state index in [1.165, 1.54) is 0 Å². The minimum absolute atomic E-state index is 0.123. The number of carbonyl (C=O) groups excluding carboxylic acids is 1. The van der Waals surface area contributed by atoms with E-state index in [4.69, 9.17) is 0 Å². The standard InChI is InChI=1S/C8H7F4NOS/c1-4-3-15-6(13-4)2-5(14)8(11,12)7(9)10/h3,7H,2H2,1H3. The first-order chi connectivity index (χ1) is 6.84. The van der Waals surface area contributed by atoms with Gasteiger partial charge in [-0.25, -0.2) is 13.8 Å². The summed E-state index contributed by atoms with van der Waals surface area (Å²) in [6, 6.07) is 0. The SMILES string of the molecule is Cc1csc(CC(=O)C(F)(F)C(F)F)n1. The van der Waals surface area contributed by atoms with Gasteiger partial charge in [-0.05, 0) is 6.92 Å². The van der Waals surface area contributed by atoms with Crippen LogP contribution in [0.2, 0.25) is 0 Å². The van der Waals surface area contributed by atoms with Crippen LogP contribution in [0.4, 0.5) is 17.6 Å². The Labute approximate surface area is 86.9 Å². The molecule has 0 atom stereocenters. The third-order valence-corrected chi connectivity index (χ3v) is 2.59. The third kappa shape index (κ3) is 2.74. The minimum atomic E-state index is -4.58. The van der Waals surface area contributed by atoms with E-state index in [9.17, 15) is 22.4 Å². The molecule has 0 saturated heterocycles. The van der Waals surface area contributed by atoms with E-state index in [2.05, 4.69) is 4.98 Å². The summed E-state index contributed by atoms with van der Waals surface area (Å²) < 4.78 is 48.6. The van der Waals surface area contributed by atoms with E-state index in [0.29, 0.717) is 5.69 Å². The molecule has 84 valence electrons. The van der Waals surface area contributed by atoms with Crippen molar-refractivity contribution in [3.63, 3.8) is 0 Å². The van der Waals surface area contributed by atoms with Crippen molar-refractivity contribution in [2.45, 2.75) is 25.7 Å². The molecule has 0 bridgehead atoms. The molecule has 0 aliphatic carbocycles. The molecule has 1 rings (SSSR count). The highest BCUT2D eigenvalue weighted by Crippen LogP contribution is 2.26. The lowest BCUT2D eigenvalue weighted by molar-refractivity contribution is -0.166. The second-order valence-corrected chi connectivity index (χ2v) is 3.85. The van der Waals surface area contributed by atoms with Crippen molar-refractivity contribution in [3.8, 4) is 0 Å². The Kier molecular flexibility index (Phi) is 3.43. The van der Waals surface area contributed by atoms with Crippen LogP contribution in [0.1, 0.15) is 10.7 Å². The van der Waals surface area contributed by atoms with Gasteiger partial charge in [-0.3, -0.25) is 4.79 Å². The lowest BCUT2D eigenvalue weighted by atomic mass is 10.1. The van der Waals surface area contributed by atoms with Gasteiger partial charge in [-0.2, -0.15) is 8.78 Å². The van der Waals surface area contributed by atoms with Gasteiger partial charge in [-0.15, -0.1) is 11.3 Å². The fourth-order valence-electron chi connectivity index (χ4n) is 0.861. The molecule has 0 aliphatic rings. The number of thiazole rings is 1. The second-order valence-electron chi connectivity index (χ2n) is 2.91. The number of alkyl halides is 4. The molecule has 1 aromatic heterocycles. The molecule has 0 fully saturated rings. The van der Waals surface area contributed by atoms with Crippen molar-refractivity contribution in [2.75, 3.05) is 0 Å². The number of hydrogen-bond acceptors (Lipinski definition) is 3. The Bertz CT molecular complexity index is 363. The lowest BCUT2D eigenvalue weighted by Gasteiger charge is -2.12. The van der Waals surface area contributed by atoms with Gasteiger partial charge in [0.15, 0.2) is 0 Å². The number of ketones is 1. The summed E-state index contributed by atoms with van der Waals surface area (Å²) >= 11 is 0.996. The smallest absolute Gasteiger partial charge is 0.292 e. The molecule has 0 saturated carbocycles. The third-order valence-electron chi connectivity index (χ3n) is 1.62. The molecule has 1 aromatic rings. The quantitative estimate of drug-likeness (QED) is 0.758. The maximum absolute atomic E-state index is 12.5. The predicted octanol–water partition coefficient (Wildman–Crippen LogP) is 2.46. The van der Waals surface area contributed by atoms with E-state index in [0.717, 1.165) is 11.3 Å². The summed E-state index contributed by atoms with van der Waals surface area (Å²) in [7, 11) is 0. The first-order valence-corrected chi connectivity index (χ1v) is 4.82. The topological polar surface area (TPSA) is 30.0 Å². The molecule has 0 aliphatic heterocycles. The highest BCUT2D eigenvalue weighted by molar-refractivity contribution is 7.09. The van der Waals surface area contributed by atoms with Crippen LogP contribution in [-0.4, -0.2) is 23.1 Å². The Balaban J connectivity index is 2.71. The molecule has 0 unspecified atom stereocenters. The van der Waals surface area contributed by atoms with Gasteiger partial charge in [0.25, 0.3) is 0 Å². The van der Waals surface area contributed by atoms with Crippen molar-refractivity contribution in [2.24, 2.45) is 0 Å². The first kappa shape index (κ1) is 12.1. The Morgan fingerprint density at radius 1 is 1.60 bits per heavy atom. The van der Waals surface area contributed by atoms with Crippen molar-refractivity contribution in [1.82, 2.24) is 4.98 Å². The Hall–Kier alpha value is -0.980. The summed E-state index contributed by atoms with van der Waals surface area (Å²) in [5.41, 5.74) is 0.572. The first-order valence-electron chi connectivity index (χ1n) is 3.94. The van der Waals surface area contributed by atoms with Crippen LogP contribution in [0.3, 0.4) is 0 Å². The molecule has 7 heteroatoms. The zero-order chi connectivity index (χ0) is 11.6. The number of rotatable bonds is 4. The van der Waals surface area contributed by atoms with Crippen LogP contribution in [0.25, 0.3) is 0 Å². The number of aryl methyl sites for hydroxylation is 1. The maximum Gasteiger partial charge on any atom is 0.364 e. The van der Waals surface area contributed by atoms with E-state index in [1.54, 1.807) is 12.3 Å². The van der Waals surface area contributed by atoms with Crippen LogP contribution < -0.4 is 0 Å². The van der Waals surface area contributed by atoms with E-state index in [1.807, 2.05) is 0 Å². The van der Waals surface area contributed by atoms with Crippen molar-refractivity contribution >= 4 is 17.1 Å². The molecular weight excluding hydrogens is 234 g/mol. The van der Waals surface area contributed by atoms with Gasteiger partial charge in [0.2, 0.25) is 5.78 Å². The van der Waals surface area contributed by atoms with Crippen molar-refractivity contribution in [3.05, 3.63) is 16.1 Å². The fraction of sp³-hybridized carbons (Fsp3) is 0.500. The Morgan fingerprint density at radius 2 is 2.20 bits per heavy atom. The molecule has 1 heterocycles. The van der Waals surface area contributed by atoms with Gasteiger partial charge in [0.05, 0.1) is 6.42 Å². The number of nitrogens with zero attached hydrogens (tertiary/aromatic N) is 1. The summed E-state index contributed by atoms with van der Waals surface area (Å²) in [6.07, 6.45) is -4.72. The minimum Gasteiger partial charge on any atom is -0.292 e. The van der Waals surface area contributed by atoms with E-state index < -0.39 is 24.6 Å². The molecule has 0 N–H and O–H groups in total. The normalized spacial score (nSPS) is 12.1. The summed E-state index contributed by atoms with van der Waals surface area (Å²) in [4.78, 5) is 14.6. The molecule has 0 amide bonds. The monoisotopic (exact) mass is 241 g/mol. The molecule has 15 heavy (non-hydrogen) atoms. The summed E-state index contributed by atoms with van der Waals surface area (Å²) in [5.74, 6) is -6.38. The molecule has 2 nitrogen and oxygen atoms in total. The zero-order valence-electron chi connectivity index (χ0n) is 7.64. The number of hydrogen-bond donors (Lipinski definition) is 0.